The van der Waals surface area contributed by atoms with Crippen LogP contribution in [-0.2, 0) is 11.3 Å². The normalized spacial score (nSPS) is 13.9. The van der Waals surface area contributed by atoms with Crippen molar-refractivity contribution in [3.05, 3.63) is 47.5 Å². The predicted octanol–water partition coefficient (Wildman–Crippen LogP) is 3.97. The summed E-state index contributed by atoms with van der Waals surface area (Å²) in [5.74, 6) is 1.74. The molecule has 1 saturated heterocycles. The Morgan fingerprint density at radius 3 is 2.12 bits per heavy atom. The van der Waals surface area contributed by atoms with Crippen LogP contribution in [0.5, 0.6) is 17.2 Å². The van der Waals surface area contributed by atoms with E-state index in [1.54, 1.807) is 17.0 Å². The average Bonchev–Trinajstić information content (AvgIpc) is 2.83. The van der Waals surface area contributed by atoms with E-state index in [0.717, 1.165) is 18.4 Å². The Labute approximate surface area is 195 Å². The second-order valence-corrected chi connectivity index (χ2v) is 8.24. The smallest absolute Gasteiger partial charge is 0.321 e. The fourth-order valence-corrected chi connectivity index (χ4v) is 3.94. The highest BCUT2D eigenvalue weighted by molar-refractivity contribution is 5.90. The van der Waals surface area contributed by atoms with Crippen LogP contribution >= 0.6 is 0 Å². The molecule has 0 atom stereocenters. The Hall–Kier alpha value is -3.42. The van der Waals surface area contributed by atoms with Gasteiger partial charge in [0.2, 0.25) is 11.7 Å². The van der Waals surface area contributed by atoms with Crippen LogP contribution in [0.4, 0.5) is 10.5 Å². The monoisotopic (exact) mass is 455 g/mol. The maximum atomic E-state index is 12.8. The molecule has 2 aromatic rings. The lowest BCUT2D eigenvalue weighted by atomic mass is 9.93. The number of urea groups is 1. The standard InChI is InChI=1S/C25H33N3O5/c1-17-5-7-19(8-6-17)16-26-23(29)13-18-9-11-28(12-10-18)25(30)27-20-14-21(31-2)24(33-4)22(15-20)32-3/h5-8,14-15,18H,9-13,16H2,1-4H3,(H,26,29)(H,27,30). The molecule has 1 heterocycles. The summed E-state index contributed by atoms with van der Waals surface area (Å²) in [6, 6.07) is 11.4. The minimum atomic E-state index is -0.188. The molecule has 3 rings (SSSR count). The number of methoxy groups -OCH3 is 3. The first-order valence-corrected chi connectivity index (χ1v) is 11.1. The van der Waals surface area contributed by atoms with Crippen molar-refractivity contribution in [2.24, 2.45) is 5.92 Å². The molecule has 2 N–H and O–H groups in total. The molecule has 8 nitrogen and oxygen atoms in total. The van der Waals surface area contributed by atoms with Gasteiger partial charge in [-0.15, -0.1) is 0 Å². The van der Waals surface area contributed by atoms with E-state index < -0.39 is 0 Å². The summed E-state index contributed by atoms with van der Waals surface area (Å²) in [4.78, 5) is 26.9. The quantitative estimate of drug-likeness (QED) is 0.629. The van der Waals surface area contributed by atoms with Crippen molar-refractivity contribution in [2.75, 3.05) is 39.7 Å². The van der Waals surface area contributed by atoms with Crippen LogP contribution in [-0.4, -0.2) is 51.3 Å². The van der Waals surface area contributed by atoms with E-state index in [-0.39, 0.29) is 17.9 Å². The molecule has 33 heavy (non-hydrogen) atoms. The summed E-state index contributed by atoms with van der Waals surface area (Å²) in [6.07, 6.45) is 2.06. The number of rotatable bonds is 8. The lowest BCUT2D eigenvalue weighted by Crippen LogP contribution is -2.41. The van der Waals surface area contributed by atoms with Gasteiger partial charge >= 0.3 is 6.03 Å². The minimum absolute atomic E-state index is 0.0518. The molecular weight excluding hydrogens is 422 g/mol. The number of aryl methyl sites for hydroxylation is 1. The topological polar surface area (TPSA) is 89.1 Å². The van der Waals surface area contributed by atoms with Crippen molar-refractivity contribution in [3.63, 3.8) is 0 Å². The van der Waals surface area contributed by atoms with Crippen LogP contribution in [0.15, 0.2) is 36.4 Å². The lowest BCUT2D eigenvalue weighted by molar-refractivity contribution is -0.122. The Morgan fingerprint density at radius 2 is 1.58 bits per heavy atom. The second-order valence-electron chi connectivity index (χ2n) is 8.24. The van der Waals surface area contributed by atoms with Crippen LogP contribution in [0.3, 0.4) is 0 Å². The number of ether oxygens (including phenoxy) is 3. The van der Waals surface area contributed by atoms with E-state index in [4.69, 9.17) is 14.2 Å². The van der Waals surface area contributed by atoms with Crippen molar-refractivity contribution in [3.8, 4) is 17.2 Å². The molecule has 0 spiro atoms. The van der Waals surface area contributed by atoms with E-state index in [1.807, 2.05) is 31.2 Å². The number of carbonyl (C=O) groups excluding carboxylic acids is 2. The Kier molecular flexibility index (Phi) is 8.40. The highest BCUT2D eigenvalue weighted by Gasteiger charge is 2.25. The van der Waals surface area contributed by atoms with Crippen molar-refractivity contribution >= 4 is 17.6 Å². The van der Waals surface area contributed by atoms with Gasteiger partial charge in [-0.05, 0) is 31.2 Å². The summed E-state index contributed by atoms with van der Waals surface area (Å²) in [5.41, 5.74) is 2.85. The number of hydrogen-bond acceptors (Lipinski definition) is 5. The third-order valence-corrected chi connectivity index (χ3v) is 5.90. The number of likely N-dealkylation sites (tertiary alicyclic amines) is 1. The number of nitrogens with one attached hydrogen (secondary N) is 2. The van der Waals surface area contributed by atoms with Gasteiger partial charge in [-0.3, -0.25) is 4.79 Å². The Bertz CT molecular complexity index is 928. The summed E-state index contributed by atoms with van der Waals surface area (Å²) in [5, 5.41) is 5.90. The highest BCUT2D eigenvalue weighted by atomic mass is 16.5. The number of carbonyl (C=O) groups is 2. The molecular formula is C25H33N3O5. The number of benzene rings is 2. The van der Waals surface area contributed by atoms with Gasteiger partial charge in [0.25, 0.3) is 0 Å². The molecule has 178 valence electrons. The van der Waals surface area contributed by atoms with Crippen LogP contribution in [0.25, 0.3) is 0 Å². The third-order valence-electron chi connectivity index (χ3n) is 5.90. The molecule has 2 aromatic carbocycles. The first-order valence-electron chi connectivity index (χ1n) is 11.1. The SMILES string of the molecule is COc1cc(NC(=O)N2CCC(CC(=O)NCc3ccc(C)cc3)CC2)cc(OC)c1OC. The first kappa shape index (κ1) is 24.2. The molecule has 1 aliphatic rings. The van der Waals surface area contributed by atoms with Crippen molar-refractivity contribution in [1.29, 1.82) is 0 Å². The van der Waals surface area contributed by atoms with Gasteiger partial charge in [0.1, 0.15) is 0 Å². The summed E-state index contributed by atoms with van der Waals surface area (Å²) < 4.78 is 16.0. The summed E-state index contributed by atoms with van der Waals surface area (Å²) >= 11 is 0. The molecule has 3 amide bonds. The molecule has 1 fully saturated rings. The third kappa shape index (κ3) is 6.54. The molecule has 1 aliphatic heterocycles. The fraction of sp³-hybridized carbons (Fsp3) is 0.440. The molecule has 0 radical (unpaired) electrons. The van der Waals surface area contributed by atoms with Crippen LogP contribution < -0.4 is 24.8 Å². The first-order chi connectivity index (χ1) is 15.9. The molecule has 0 saturated carbocycles. The van der Waals surface area contributed by atoms with E-state index in [1.165, 1.54) is 26.9 Å². The number of hydrogen-bond donors (Lipinski definition) is 2. The number of nitrogens with zero attached hydrogens (tertiary/aromatic N) is 1. The molecule has 0 aliphatic carbocycles. The van der Waals surface area contributed by atoms with Gasteiger partial charge in [0, 0.05) is 38.2 Å². The van der Waals surface area contributed by atoms with Crippen LogP contribution in [0, 0.1) is 12.8 Å². The average molecular weight is 456 g/mol. The second kappa shape index (κ2) is 11.4. The van der Waals surface area contributed by atoms with Gasteiger partial charge in [0.15, 0.2) is 11.5 Å². The van der Waals surface area contributed by atoms with Crippen LogP contribution in [0.2, 0.25) is 0 Å². The maximum absolute atomic E-state index is 12.8. The van der Waals surface area contributed by atoms with Gasteiger partial charge in [-0.1, -0.05) is 29.8 Å². The van der Waals surface area contributed by atoms with Crippen molar-refractivity contribution in [2.45, 2.75) is 32.7 Å². The lowest BCUT2D eigenvalue weighted by Gasteiger charge is -2.31. The number of amides is 3. The van der Waals surface area contributed by atoms with E-state index >= 15 is 0 Å². The van der Waals surface area contributed by atoms with Gasteiger partial charge in [-0.25, -0.2) is 4.79 Å². The Balaban J connectivity index is 1.47. The largest absolute Gasteiger partial charge is 0.493 e. The van der Waals surface area contributed by atoms with Gasteiger partial charge in [-0.2, -0.15) is 0 Å². The maximum Gasteiger partial charge on any atom is 0.321 e. The molecule has 0 unspecified atom stereocenters. The molecule has 0 bridgehead atoms. The van der Waals surface area contributed by atoms with Crippen molar-refractivity contribution < 1.29 is 23.8 Å². The molecule has 8 heteroatoms. The van der Waals surface area contributed by atoms with Crippen LogP contribution in [0.1, 0.15) is 30.4 Å². The highest BCUT2D eigenvalue weighted by Crippen LogP contribution is 2.40. The fourth-order valence-electron chi connectivity index (χ4n) is 3.94. The van der Waals surface area contributed by atoms with E-state index in [0.29, 0.717) is 49.0 Å². The predicted molar refractivity (Wildman–Crippen MR) is 127 cm³/mol. The zero-order valence-electron chi connectivity index (χ0n) is 19.8. The zero-order chi connectivity index (χ0) is 23.8. The van der Waals surface area contributed by atoms with Crippen molar-refractivity contribution in [1.82, 2.24) is 10.2 Å². The minimum Gasteiger partial charge on any atom is -0.493 e. The number of anilines is 1. The summed E-state index contributed by atoms with van der Waals surface area (Å²) in [6.45, 7) is 3.78. The zero-order valence-corrected chi connectivity index (χ0v) is 19.8. The Morgan fingerprint density at radius 1 is 0.970 bits per heavy atom. The van der Waals surface area contributed by atoms with Gasteiger partial charge < -0.3 is 29.7 Å². The number of piperidine rings is 1. The van der Waals surface area contributed by atoms with E-state index in [9.17, 15) is 9.59 Å². The van der Waals surface area contributed by atoms with E-state index in [2.05, 4.69) is 10.6 Å². The summed E-state index contributed by atoms with van der Waals surface area (Å²) in [7, 11) is 4.60. The van der Waals surface area contributed by atoms with Gasteiger partial charge in [0.05, 0.1) is 27.0 Å². The molecule has 0 aromatic heterocycles.